The third-order valence-corrected chi connectivity index (χ3v) is 2.94. The molecule has 0 spiro atoms. The molecule has 1 N–H and O–H groups in total. The number of morpholine rings is 1. The van der Waals surface area contributed by atoms with Crippen molar-refractivity contribution in [2.45, 2.75) is 20.0 Å². The van der Waals surface area contributed by atoms with Crippen molar-refractivity contribution in [1.29, 1.82) is 0 Å². The van der Waals surface area contributed by atoms with Crippen molar-refractivity contribution in [1.82, 2.24) is 14.5 Å². The van der Waals surface area contributed by atoms with Crippen LogP contribution in [-0.4, -0.2) is 51.8 Å². The number of ether oxygens (including phenoxy) is 1. The lowest BCUT2D eigenvalue weighted by Crippen LogP contribution is -2.36. The molecule has 0 saturated carbocycles. The van der Waals surface area contributed by atoms with E-state index in [-0.39, 0.29) is 5.82 Å². The van der Waals surface area contributed by atoms with Gasteiger partial charge in [-0.2, -0.15) is 0 Å². The number of carboxylic acids is 1. The number of aromatic carboxylic acids is 1. The highest BCUT2D eigenvalue weighted by Crippen LogP contribution is 2.10. The maximum Gasteiger partial charge on any atom is 0.372 e. The Morgan fingerprint density at radius 2 is 2.24 bits per heavy atom. The Hall–Kier alpha value is -1.40. The molecule has 0 bridgehead atoms. The normalized spacial score (nSPS) is 17.2. The highest BCUT2D eigenvalue weighted by Gasteiger charge is 2.17. The molecule has 1 aliphatic rings. The van der Waals surface area contributed by atoms with Crippen LogP contribution in [0.25, 0.3) is 0 Å². The van der Waals surface area contributed by atoms with Crippen LogP contribution in [0.4, 0.5) is 0 Å². The van der Waals surface area contributed by atoms with Crippen LogP contribution in [0.3, 0.4) is 0 Å². The highest BCUT2D eigenvalue weighted by molar-refractivity contribution is 5.83. The van der Waals surface area contributed by atoms with Gasteiger partial charge in [-0.3, -0.25) is 4.90 Å². The molecule has 6 heteroatoms. The summed E-state index contributed by atoms with van der Waals surface area (Å²) < 4.78 is 7.03. The second kappa shape index (κ2) is 5.29. The largest absolute Gasteiger partial charge is 0.475 e. The quantitative estimate of drug-likeness (QED) is 0.825. The number of rotatable bonds is 4. The number of hydrogen-bond donors (Lipinski definition) is 1. The number of hydrogen-bond acceptors (Lipinski definition) is 4. The average molecular weight is 239 g/mol. The van der Waals surface area contributed by atoms with Gasteiger partial charge in [0.25, 0.3) is 0 Å². The Balaban J connectivity index is 2.12. The number of carboxylic acid groups (broad SMARTS) is 1. The number of carbonyl (C=O) groups is 1. The molecule has 94 valence electrons. The van der Waals surface area contributed by atoms with Crippen LogP contribution in [-0.2, 0) is 17.8 Å². The van der Waals surface area contributed by atoms with Crippen LogP contribution in [0, 0.1) is 0 Å². The summed E-state index contributed by atoms with van der Waals surface area (Å²) in [5.41, 5.74) is 0.951. The van der Waals surface area contributed by atoms with Gasteiger partial charge in [-0.15, -0.1) is 0 Å². The molecular weight excluding hydrogens is 222 g/mol. The van der Waals surface area contributed by atoms with Gasteiger partial charge < -0.3 is 14.4 Å². The van der Waals surface area contributed by atoms with Gasteiger partial charge >= 0.3 is 5.97 Å². The van der Waals surface area contributed by atoms with Crippen molar-refractivity contribution in [2.24, 2.45) is 0 Å². The average Bonchev–Trinajstić information content (AvgIpc) is 2.73. The summed E-state index contributed by atoms with van der Waals surface area (Å²) >= 11 is 0. The Kier molecular flexibility index (Phi) is 3.75. The second-order valence-corrected chi connectivity index (χ2v) is 4.01. The maximum atomic E-state index is 11.0. The zero-order valence-corrected chi connectivity index (χ0v) is 9.93. The van der Waals surface area contributed by atoms with E-state index in [0.29, 0.717) is 6.54 Å². The van der Waals surface area contributed by atoms with Crippen LogP contribution in [0.1, 0.15) is 23.2 Å². The smallest absolute Gasteiger partial charge is 0.372 e. The summed E-state index contributed by atoms with van der Waals surface area (Å²) in [6.07, 6.45) is 1.66. The van der Waals surface area contributed by atoms with Gasteiger partial charge in [-0.25, -0.2) is 9.78 Å². The zero-order chi connectivity index (χ0) is 12.3. The van der Waals surface area contributed by atoms with Crippen molar-refractivity contribution in [3.05, 3.63) is 17.7 Å². The minimum atomic E-state index is -0.972. The lowest BCUT2D eigenvalue weighted by molar-refractivity contribution is 0.0331. The molecule has 0 atom stereocenters. The lowest BCUT2D eigenvalue weighted by Gasteiger charge is -2.26. The maximum absolute atomic E-state index is 11.0. The summed E-state index contributed by atoms with van der Waals surface area (Å²) in [5.74, 6) is -0.851. The number of nitrogens with zero attached hydrogens (tertiary/aromatic N) is 3. The molecule has 2 rings (SSSR count). The van der Waals surface area contributed by atoms with E-state index in [0.717, 1.165) is 38.5 Å². The van der Waals surface area contributed by atoms with Crippen LogP contribution in [0.2, 0.25) is 0 Å². The molecule has 2 heterocycles. The van der Waals surface area contributed by atoms with Crippen LogP contribution >= 0.6 is 0 Å². The van der Waals surface area contributed by atoms with Crippen molar-refractivity contribution >= 4 is 5.97 Å². The second-order valence-electron chi connectivity index (χ2n) is 4.01. The van der Waals surface area contributed by atoms with Gasteiger partial charge in [0.1, 0.15) is 0 Å². The van der Waals surface area contributed by atoms with Gasteiger partial charge in [-0.1, -0.05) is 0 Å². The molecule has 6 nitrogen and oxygen atoms in total. The van der Waals surface area contributed by atoms with Crippen molar-refractivity contribution in [3.8, 4) is 0 Å². The summed E-state index contributed by atoms with van der Waals surface area (Å²) in [6.45, 7) is 6.54. The minimum Gasteiger partial charge on any atom is -0.475 e. The van der Waals surface area contributed by atoms with Crippen molar-refractivity contribution in [3.63, 3.8) is 0 Å². The fourth-order valence-electron chi connectivity index (χ4n) is 2.05. The summed E-state index contributed by atoms with van der Waals surface area (Å²) in [4.78, 5) is 17.2. The molecule has 0 amide bonds. The van der Waals surface area contributed by atoms with Crippen LogP contribution in [0.15, 0.2) is 6.20 Å². The third-order valence-electron chi connectivity index (χ3n) is 2.94. The van der Waals surface area contributed by atoms with Crippen molar-refractivity contribution < 1.29 is 14.6 Å². The Morgan fingerprint density at radius 3 is 2.82 bits per heavy atom. The van der Waals surface area contributed by atoms with Gasteiger partial charge in [0.2, 0.25) is 5.82 Å². The topological polar surface area (TPSA) is 67.6 Å². The Labute approximate surface area is 99.8 Å². The molecular formula is C11H17N3O3. The summed E-state index contributed by atoms with van der Waals surface area (Å²) in [6, 6.07) is 0. The fraction of sp³-hybridized carbons (Fsp3) is 0.636. The third kappa shape index (κ3) is 2.65. The lowest BCUT2D eigenvalue weighted by atomic mass is 10.3. The van der Waals surface area contributed by atoms with E-state index >= 15 is 0 Å². The van der Waals surface area contributed by atoms with E-state index in [1.54, 1.807) is 10.8 Å². The fourth-order valence-corrected chi connectivity index (χ4v) is 2.05. The monoisotopic (exact) mass is 239 g/mol. The van der Waals surface area contributed by atoms with E-state index in [1.807, 2.05) is 6.92 Å². The first-order valence-corrected chi connectivity index (χ1v) is 5.80. The van der Waals surface area contributed by atoms with E-state index < -0.39 is 5.97 Å². The van der Waals surface area contributed by atoms with Crippen LogP contribution < -0.4 is 0 Å². The molecule has 0 unspecified atom stereocenters. The molecule has 0 radical (unpaired) electrons. The molecule has 1 saturated heterocycles. The Morgan fingerprint density at radius 1 is 1.53 bits per heavy atom. The van der Waals surface area contributed by atoms with E-state index in [2.05, 4.69) is 9.88 Å². The molecule has 17 heavy (non-hydrogen) atoms. The first-order valence-electron chi connectivity index (χ1n) is 5.80. The molecule has 0 aromatic carbocycles. The number of aromatic nitrogens is 2. The highest BCUT2D eigenvalue weighted by atomic mass is 16.5. The summed E-state index contributed by atoms with van der Waals surface area (Å²) in [5, 5.41) is 9.00. The first-order chi connectivity index (χ1) is 8.22. The number of imidazole rings is 1. The molecule has 1 aromatic rings. The van der Waals surface area contributed by atoms with Gasteiger partial charge in [0.15, 0.2) is 0 Å². The van der Waals surface area contributed by atoms with E-state index in [4.69, 9.17) is 9.84 Å². The molecule has 1 fully saturated rings. The van der Waals surface area contributed by atoms with Crippen LogP contribution in [0.5, 0.6) is 0 Å². The molecule has 1 aromatic heterocycles. The predicted octanol–water partition coefficient (Wildman–Crippen LogP) is 0.433. The van der Waals surface area contributed by atoms with E-state index in [9.17, 15) is 4.79 Å². The first kappa shape index (κ1) is 12.1. The zero-order valence-electron chi connectivity index (χ0n) is 9.93. The Bertz CT molecular complexity index is 397. The SMILES string of the molecule is CCn1c(CN2CCOCC2)cnc1C(=O)O. The van der Waals surface area contributed by atoms with E-state index in [1.165, 1.54) is 0 Å². The molecule has 1 aliphatic heterocycles. The van der Waals surface area contributed by atoms with Crippen molar-refractivity contribution in [2.75, 3.05) is 26.3 Å². The minimum absolute atomic E-state index is 0.121. The van der Waals surface area contributed by atoms with Gasteiger partial charge in [0.05, 0.1) is 25.1 Å². The summed E-state index contributed by atoms with van der Waals surface area (Å²) in [7, 11) is 0. The van der Waals surface area contributed by atoms with Gasteiger partial charge in [0, 0.05) is 26.2 Å². The van der Waals surface area contributed by atoms with Gasteiger partial charge in [-0.05, 0) is 6.92 Å². The predicted molar refractivity (Wildman–Crippen MR) is 61.0 cm³/mol. The molecule has 0 aliphatic carbocycles. The standard InChI is InChI=1S/C11H17N3O3/c1-2-14-9(7-12-10(14)11(15)16)8-13-3-5-17-6-4-13/h7H,2-6,8H2,1H3,(H,15,16).